The van der Waals surface area contributed by atoms with Gasteiger partial charge >= 0.3 is 0 Å². The van der Waals surface area contributed by atoms with Gasteiger partial charge < -0.3 is 0 Å². The van der Waals surface area contributed by atoms with E-state index in [1.807, 2.05) is 0 Å². The fourth-order valence-electron chi connectivity index (χ4n) is 7.42. The van der Waals surface area contributed by atoms with Crippen molar-refractivity contribution >= 4 is 10.8 Å². The molecule has 190 valence electrons. The molecule has 6 rings (SSSR count). The van der Waals surface area contributed by atoms with Crippen LogP contribution < -0.4 is 4.57 Å². The van der Waals surface area contributed by atoms with Gasteiger partial charge in [0.05, 0.1) is 5.56 Å². The molecule has 1 saturated carbocycles. The van der Waals surface area contributed by atoms with Gasteiger partial charge in [-0.25, -0.2) is 4.57 Å². The van der Waals surface area contributed by atoms with Crippen LogP contribution in [0.5, 0.6) is 0 Å². The maximum atomic E-state index is 2.51. The summed E-state index contributed by atoms with van der Waals surface area (Å²) >= 11 is 0. The van der Waals surface area contributed by atoms with E-state index in [9.17, 15) is 0 Å². The largest absolute Gasteiger partial charge is 0.213 e. The lowest BCUT2D eigenvalue weighted by Gasteiger charge is -2.49. The molecule has 1 heterocycles. The third-order valence-electron chi connectivity index (χ3n) is 10.2. The Morgan fingerprint density at radius 1 is 0.784 bits per heavy atom. The number of benzene rings is 3. The van der Waals surface area contributed by atoms with Crippen molar-refractivity contribution in [2.75, 3.05) is 0 Å². The van der Waals surface area contributed by atoms with E-state index in [0.717, 1.165) is 5.92 Å². The lowest BCUT2D eigenvalue weighted by Crippen LogP contribution is -2.45. The molecule has 4 aromatic rings. The number of fused-ring (bicyclic) bond motifs is 5. The van der Waals surface area contributed by atoms with E-state index in [-0.39, 0.29) is 10.8 Å². The van der Waals surface area contributed by atoms with E-state index in [4.69, 9.17) is 0 Å². The van der Waals surface area contributed by atoms with E-state index in [1.54, 1.807) is 0 Å². The molecular weight excluding hydrogens is 446 g/mol. The molecule has 2 aliphatic rings. The van der Waals surface area contributed by atoms with Crippen molar-refractivity contribution in [1.29, 1.82) is 0 Å². The van der Waals surface area contributed by atoms with Crippen molar-refractivity contribution in [3.05, 3.63) is 89.1 Å². The second-order valence-electron chi connectivity index (χ2n) is 12.9. The van der Waals surface area contributed by atoms with Crippen molar-refractivity contribution in [3.8, 4) is 22.4 Å². The Kier molecular flexibility index (Phi) is 5.82. The summed E-state index contributed by atoms with van der Waals surface area (Å²) in [5.41, 5.74) is 11.4. The Morgan fingerprint density at radius 2 is 1.46 bits per heavy atom. The number of rotatable bonds is 3. The summed E-state index contributed by atoms with van der Waals surface area (Å²) in [4.78, 5) is 0. The maximum Gasteiger partial charge on any atom is 0.213 e. The summed E-state index contributed by atoms with van der Waals surface area (Å²) in [5, 5.41) is 2.73. The van der Waals surface area contributed by atoms with Crippen LogP contribution in [0.4, 0.5) is 0 Å². The van der Waals surface area contributed by atoms with Gasteiger partial charge in [-0.2, -0.15) is 0 Å². The number of hydrogen-bond donors (Lipinski definition) is 0. The van der Waals surface area contributed by atoms with Gasteiger partial charge in [-0.15, -0.1) is 0 Å². The normalized spacial score (nSPS) is 18.4. The molecule has 2 aliphatic carbocycles. The summed E-state index contributed by atoms with van der Waals surface area (Å²) in [6.07, 6.45) is 10.5. The molecule has 3 aromatic carbocycles. The third kappa shape index (κ3) is 3.77. The van der Waals surface area contributed by atoms with Crippen molar-refractivity contribution in [3.63, 3.8) is 0 Å². The van der Waals surface area contributed by atoms with Crippen molar-refractivity contribution in [1.82, 2.24) is 0 Å². The Labute approximate surface area is 223 Å². The topological polar surface area (TPSA) is 3.88 Å². The second kappa shape index (κ2) is 8.83. The molecule has 0 bridgehead atoms. The van der Waals surface area contributed by atoms with Gasteiger partial charge in [0.15, 0.2) is 6.20 Å². The van der Waals surface area contributed by atoms with Crippen LogP contribution in [-0.2, 0) is 24.3 Å². The molecular formula is C36H42N+. The minimum absolute atomic E-state index is 0.0307. The third-order valence-corrected chi connectivity index (χ3v) is 10.2. The number of aryl methyl sites for hydroxylation is 2. The van der Waals surface area contributed by atoms with Crippen LogP contribution in [0.3, 0.4) is 0 Å². The van der Waals surface area contributed by atoms with Crippen molar-refractivity contribution in [2.45, 2.75) is 84.0 Å². The highest BCUT2D eigenvalue weighted by atomic mass is 14.9. The van der Waals surface area contributed by atoms with Crippen LogP contribution >= 0.6 is 0 Å². The number of aromatic nitrogens is 1. The molecule has 0 atom stereocenters. The zero-order chi connectivity index (χ0) is 25.9. The van der Waals surface area contributed by atoms with Gasteiger partial charge in [0, 0.05) is 23.0 Å². The van der Waals surface area contributed by atoms with E-state index in [2.05, 4.69) is 113 Å². The minimum atomic E-state index is -0.0484. The molecule has 1 nitrogen and oxygen atoms in total. The number of hydrogen-bond acceptors (Lipinski definition) is 0. The SMILES string of the molecule is Cc1ccc2c(c1-c1cc(CC3CCCCC3)cc[n+]1C)C(C)(C)C(C)(C)c1c-2ccc2ccccc12. The molecule has 0 spiro atoms. The summed E-state index contributed by atoms with van der Waals surface area (Å²) < 4.78 is 2.35. The van der Waals surface area contributed by atoms with Crippen LogP contribution in [0, 0.1) is 12.8 Å². The first-order chi connectivity index (χ1) is 17.7. The standard InChI is InChI=1S/C36H42N/c1-24-16-18-30-29-19-17-27-14-10-11-15-28(27)33(29)35(2,3)36(4,5)34(30)32(24)31-23-26(20-21-37(31)6)22-25-12-8-7-9-13-25/h10-11,14-21,23,25H,7-9,12-13,22H2,1-6H3/q+1. The first kappa shape index (κ1) is 24.4. The molecule has 37 heavy (non-hydrogen) atoms. The molecule has 1 aromatic heterocycles. The smallest absolute Gasteiger partial charge is 0.201 e. The fourth-order valence-corrected chi connectivity index (χ4v) is 7.42. The molecule has 0 radical (unpaired) electrons. The Morgan fingerprint density at radius 3 is 2.24 bits per heavy atom. The van der Waals surface area contributed by atoms with Gasteiger partial charge in [0.1, 0.15) is 7.05 Å². The Hall–Kier alpha value is -2.93. The summed E-state index contributed by atoms with van der Waals surface area (Å²) in [6, 6.07) is 23.2. The van der Waals surface area contributed by atoms with Crippen LogP contribution in [0.2, 0.25) is 0 Å². The average molecular weight is 489 g/mol. The minimum Gasteiger partial charge on any atom is -0.201 e. The van der Waals surface area contributed by atoms with Crippen LogP contribution in [0.1, 0.15) is 82.1 Å². The highest BCUT2D eigenvalue weighted by molar-refractivity contribution is 5.97. The van der Waals surface area contributed by atoms with Crippen molar-refractivity contribution in [2.24, 2.45) is 13.0 Å². The van der Waals surface area contributed by atoms with E-state index < -0.39 is 0 Å². The molecule has 0 unspecified atom stereocenters. The first-order valence-electron chi connectivity index (χ1n) is 14.4. The summed E-state index contributed by atoms with van der Waals surface area (Å²) in [6.45, 7) is 12.2. The first-order valence-corrected chi connectivity index (χ1v) is 14.4. The number of nitrogens with zero attached hydrogens (tertiary/aromatic N) is 1. The van der Waals surface area contributed by atoms with Crippen molar-refractivity contribution < 1.29 is 4.57 Å². The highest BCUT2D eigenvalue weighted by Gasteiger charge is 2.48. The molecule has 0 N–H and O–H groups in total. The Balaban J connectivity index is 1.59. The lowest BCUT2D eigenvalue weighted by atomic mass is 9.53. The molecule has 1 heteroatoms. The Bertz CT molecular complexity index is 1500. The van der Waals surface area contributed by atoms with Crippen LogP contribution in [0.15, 0.2) is 66.9 Å². The molecule has 0 amide bonds. The van der Waals surface area contributed by atoms with E-state index in [1.165, 1.54) is 93.9 Å². The van der Waals surface area contributed by atoms with Gasteiger partial charge in [-0.1, -0.05) is 108 Å². The second-order valence-corrected chi connectivity index (χ2v) is 12.9. The highest BCUT2D eigenvalue weighted by Crippen LogP contribution is 2.58. The van der Waals surface area contributed by atoms with Gasteiger partial charge in [0.2, 0.25) is 5.69 Å². The van der Waals surface area contributed by atoms with Crippen LogP contribution in [-0.4, -0.2) is 0 Å². The van der Waals surface area contributed by atoms with Gasteiger partial charge in [-0.05, 0) is 63.4 Å². The summed E-state index contributed by atoms with van der Waals surface area (Å²) in [5.74, 6) is 0.843. The van der Waals surface area contributed by atoms with E-state index >= 15 is 0 Å². The number of pyridine rings is 1. The maximum absolute atomic E-state index is 2.51. The summed E-state index contributed by atoms with van der Waals surface area (Å²) in [7, 11) is 2.22. The monoisotopic (exact) mass is 488 g/mol. The molecule has 0 aliphatic heterocycles. The zero-order valence-corrected chi connectivity index (χ0v) is 23.6. The van der Waals surface area contributed by atoms with E-state index in [0.29, 0.717) is 0 Å². The van der Waals surface area contributed by atoms with Gasteiger partial charge in [-0.3, -0.25) is 0 Å². The lowest BCUT2D eigenvalue weighted by molar-refractivity contribution is -0.660. The fraction of sp³-hybridized carbons (Fsp3) is 0.417. The zero-order valence-electron chi connectivity index (χ0n) is 23.6. The van der Waals surface area contributed by atoms with Crippen LogP contribution in [0.25, 0.3) is 33.2 Å². The molecule has 0 saturated heterocycles. The van der Waals surface area contributed by atoms with Gasteiger partial charge in [0.25, 0.3) is 0 Å². The predicted octanol–water partition coefficient (Wildman–Crippen LogP) is 9.00. The quantitative estimate of drug-likeness (QED) is 0.253. The predicted molar refractivity (Wildman–Crippen MR) is 157 cm³/mol. The molecule has 1 fully saturated rings. The average Bonchev–Trinajstić information content (AvgIpc) is 2.89.